The van der Waals surface area contributed by atoms with Crippen LogP contribution in [-0.4, -0.2) is 18.7 Å². The molecule has 0 bridgehead atoms. The van der Waals surface area contributed by atoms with Crippen molar-refractivity contribution in [3.8, 4) is 5.75 Å². The first-order chi connectivity index (χ1) is 8.91. The minimum atomic E-state index is -0.182. The Labute approximate surface area is 122 Å². The number of halogens is 1. The van der Waals surface area contributed by atoms with Crippen molar-refractivity contribution in [3.63, 3.8) is 0 Å². The molecule has 1 aromatic carbocycles. The topological polar surface area (TPSA) is 21.3 Å². The Kier molecular flexibility index (Phi) is 6.15. The van der Waals surface area contributed by atoms with E-state index in [1.807, 2.05) is 26.0 Å². The fourth-order valence-corrected chi connectivity index (χ4v) is 2.39. The van der Waals surface area contributed by atoms with E-state index in [0.717, 1.165) is 47.8 Å². The van der Waals surface area contributed by atoms with Gasteiger partial charge in [-0.05, 0) is 63.4 Å². The van der Waals surface area contributed by atoms with Gasteiger partial charge in [-0.25, -0.2) is 0 Å². The Balaban J connectivity index is 2.86. The Bertz CT molecular complexity index is 396. The standard InChI is InChI=1S/C16H26ClNO/c1-6-8-18-11-16(5,7-2)19-15-12(3)9-14(17)10-13(15)4/h9-10,18H,6-8,11H2,1-5H3. The molecule has 1 unspecified atom stereocenters. The first-order valence-electron chi connectivity index (χ1n) is 7.08. The van der Waals surface area contributed by atoms with E-state index in [0.29, 0.717) is 0 Å². The predicted molar refractivity (Wildman–Crippen MR) is 83.4 cm³/mol. The van der Waals surface area contributed by atoms with Crippen molar-refractivity contribution in [2.45, 2.75) is 53.1 Å². The van der Waals surface area contributed by atoms with Crippen LogP contribution in [0.15, 0.2) is 12.1 Å². The number of hydrogen-bond acceptors (Lipinski definition) is 2. The van der Waals surface area contributed by atoms with Gasteiger partial charge in [-0.15, -0.1) is 0 Å². The number of benzene rings is 1. The fourth-order valence-electron chi connectivity index (χ4n) is 2.07. The maximum Gasteiger partial charge on any atom is 0.126 e. The van der Waals surface area contributed by atoms with Crippen molar-refractivity contribution in [2.24, 2.45) is 0 Å². The fraction of sp³-hybridized carbons (Fsp3) is 0.625. The molecule has 0 amide bonds. The lowest BCUT2D eigenvalue weighted by molar-refractivity contribution is 0.0821. The summed E-state index contributed by atoms with van der Waals surface area (Å²) in [5.41, 5.74) is 2.01. The molecule has 0 saturated heterocycles. The van der Waals surface area contributed by atoms with E-state index in [2.05, 4.69) is 26.1 Å². The van der Waals surface area contributed by atoms with Crippen LogP contribution in [0.25, 0.3) is 0 Å². The highest BCUT2D eigenvalue weighted by Gasteiger charge is 2.25. The van der Waals surface area contributed by atoms with Gasteiger partial charge in [-0.3, -0.25) is 0 Å². The van der Waals surface area contributed by atoms with Crippen LogP contribution in [0.4, 0.5) is 0 Å². The van der Waals surface area contributed by atoms with Gasteiger partial charge < -0.3 is 10.1 Å². The predicted octanol–water partition coefficient (Wildman–Crippen LogP) is 4.50. The molecule has 0 saturated carbocycles. The third-order valence-corrected chi connectivity index (χ3v) is 3.67. The van der Waals surface area contributed by atoms with Crippen LogP contribution in [0.5, 0.6) is 5.75 Å². The van der Waals surface area contributed by atoms with E-state index in [1.54, 1.807) is 0 Å². The zero-order valence-electron chi connectivity index (χ0n) is 12.8. The van der Waals surface area contributed by atoms with Crippen molar-refractivity contribution in [1.82, 2.24) is 5.32 Å². The van der Waals surface area contributed by atoms with Crippen molar-refractivity contribution in [1.29, 1.82) is 0 Å². The highest BCUT2D eigenvalue weighted by molar-refractivity contribution is 6.30. The number of ether oxygens (including phenoxy) is 1. The Morgan fingerprint density at radius 1 is 1.21 bits per heavy atom. The molecule has 1 rings (SSSR count). The second-order valence-corrected chi connectivity index (χ2v) is 5.89. The van der Waals surface area contributed by atoms with Gasteiger partial charge in [-0.2, -0.15) is 0 Å². The van der Waals surface area contributed by atoms with Crippen LogP contribution in [-0.2, 0) is 0 Å². The molecule has 1 N–H and O–H groups in total. The van der Waals surface area contributed by atoms with Crippen LogP contribution in [0.3, 0.4) is 0 Å². The summed E-state index contributed by atoms with van der Waals surface area (Å²) in [4.78, 5) is 0. The number of aryl methyl sites for hydroxylation is 2. The van der Waals surface area contributed by atoms with Crippen molar-refractivity contribution < 1.29 is 4.74 Å². The number of nitrogens with one attached hydrogen (secondary N) is 1. The summed E-state index contributed by atoms with van der Waals surface area (Å²) >= 11 is 6.06. The van der Waals surface area contributed by atoms with Crippen LogP contribution in [0.1, 0.15) is 44.7 Å². The van der Waals surface area contributed by atoms with E-state index < -0.39 is 0 Å². The molecule has 108 valence electrons. The van der Waals surface area contributed by atoms with E-state index in [1.165, 1.54) is 0 Å². The average Bonchev–Trinajstić information content (AvgIpc) is 2.34. The SMILES string of the molecule is CCCNCC(C)(CC)Oc1c(C)cc(Cl)cc1C. The molecule has 0 fully saturated rings. The first-order valence-corrected chi connectivity index (χ1v) is 7.46. The first kappa shape index (κ1) is 16.3. The molecule has 0 aliphatic rings. The normalized spacial score (nSPS) is 14.2. The summed E-state index contributed by atoms with van der Waals surface area (Å²) in [6.07, 6.45) is 2.10. The number of rotatable bonds is 7. The Morgan fingerprint density at radius 2 is 1.79 bits per heavy atom. The van der Waals surface area contributed by atoms with Crippen molar-refractivity contribution in [3.05, 3.63) is 28.3 Å². The lowest BCUT2D eigenvalue weighted by atomic mass is 10.0. The van der Waals surface area contributed by atoms with Gasteiger partial charge >= 0.3 is 0 Å². The second kappa shape index (κ2) is 7.16. The maximum absolute atomic E-state index is 6.29. The smallest absolute Gasteiger partial charge is 0.126 e. The molecular weight excluding hydrogens is 258 g/mol. The monoisotopic (exact) mass is 283 g/mol. The van der Waals surface area contributed by atoms with E-state index >= 15 is 0 Å². The highest BCUT2D eigenvalue weighted by Crippen LogP contribution is 2.31. The van der Waals surface area contributed by atoms with Gasteiger partial charge in [0.05, 0.1) is 0 Å². The molecule has 0 spiro atoms. The Hall–Kier alpha value is -0.730. The lowest BCUT2D eigenvalue weighted by Gasteiger charge is -2.31. The summed E-state index contributed by atoms with van der Waals surface area (Å²) in [7, 11) is 0. The summed E-state index contributed by atoms with van der Waals surface area (Å²) in [5, 5.41) is 4.21. The molecule has 19 heavy (non-hydrogen) atoms. The zero-order chi connectivity index (χ0) is 14.5. The van der Waals surface area contributed by atoms with Gasteiger partial charge in [0, 0.05) is 11.6 Å². The third-order valence-electron chi connectivity index (χ3n) is 3.45. The van der Waals surface area contributed by atoms with Crippen molar-refractivity contribution >= 4 is 11.6 Å². The van der Waals surface area contributed by atoms with Crippen LogP contribution in [0, 0.1) is 13.8 Å². The minimum absolute atomic E-state index is 0.182. The molecule has 0 aliphatic heterocycles. The summed E-state index contributed by atoms with van der Waals surface area (Å²) < 4.78 is 6.29. The summed E-state index contributed by atoms with van der Waals surface area (Å²) in [5.74, 6) is 0.965. The zero-order valence-corrected chi connectivity index (χ0v) is 13.5. The molecule has 3 heteroatoms. The second-order valence-electron chi connectivity index (χ2n) is 5.45. The van der Waals surface area contributed by atoms with Gasteiger partial charge in [0.2, 0.25) is 0 Å². The maximum atomic E-state index is 6.29. The van der Waals surface area contributed by atoms with Crippen LogP contribution < -0.4 is 10.1 Å². The van der Waals surface area contributed by atoms with Gasteiger partial charge in [0.25, 0.3) is 0 Å². The van der Waals surface area contributed by atoms with Gasteiger partial charge in [-0.1, -0.05) is 25.4 Å². The average molecular weight is 284 g/mol. The van der Waals surface area contributed by atoms with Crippen molar-refractivity contribution in [2.75, 3.05) is 13.1 Å². The van der Waals surface area contributed by atoms with Crippen LogP contribution >= 0.6 is 11.6 Å². The number of hydrogen-bond donors (Lipinski definition) is 1. The molecule has 0 heterocycles. The molecular formula is C16H26ClNO. The van der Waals surface area contributed by atoms with Gasteiger partial charge in [0.1, 0.15) is 11.4 Å². The minimum Gasteiger partial charge on any atom is -0.486 e. The Morgan fingerprint density at radius 3 is 2.26 bits per heavy atom. The largest absolute Gasteiger partial charge is 0.486 e. The molecule has 1 aromatic rings. The molecule has 0 radical (unpaired) electrons. The third kappa shape index (κ3) is 4.70. The molecule has 0 aliphatic carbocycles. The summed E-state index contributed by atoms with van der Waals surface area (Å²) in [6.45, 7) is 12.5. The quantitative estimate of drug-likeness (QED) is 0.744. The van der Waals surface area contributed by atoms with E-state index in [4.69, 9.17) is 16.3 Å². The van der Waals surface area contributed by atoms with Gasteiger partial charge in [0.15, 0.2) is 0 Å². The molecule has 0 aromatic heterocycles. The summed E-state index contributed by atoms with van der Waals surface area (Å²) in [6, 6.07) is 3.92. The molecule has 1 atom stereocenters. The highest BCUT2D eigenvalue weighted by atomic mass is 35.5. The van der Waals surface area contributed by atoms with E-state index in [9.17, 15) is 0 Å². The van der Waals surface area contributed by atoms with E-state index in [-0.39, 0.29) is 5.60 Å². The van der Waals surface area contributed by atoms with Crippen LogP contribution in [0.2, 0.25) is 5.02 Å². The lowest BCUT2D eigenvalue weighted by Crippen LogP contribution is -2.43. The molecule has 2 nitrogen and oxygen atoms in total.